The highest BCUT2D eigenvalue weighted by atomic mass is 16.5. The van der Waals surface area contributed by atoms with E-state index in [0.29, 0.717) is 36.0 Å². The molecule has 1 aliphatic rings. The van der Waals surface area contributed by atoms with Crippen molar-refractivity contribution in [1.82, 2.24) is 29.6 Å². The first-order valence-electron chi connectivity index (χ1n) is 11.1. The fourth-order valence-corrected chi connectivity index (χ4v) is 4.14. The molecule has 0 bridgehead atoms. The van der Waals surface area contributed by atoms with Crippen LogP contribution in [0.25, 0.3) is 5.69 Å². The van der Waals surface area contributed by atoms with Crippen LogP contribution in [0.1, 0.15) is 34.8 Å². The molecule has 5 rings (SSSR count). The first kappa shape index (κ1) is 21.6. The maximum Gasteiger partial charge on any atom is 0.253 e. The minimum absolute atomic E-state index is 0.0142. The molecule has 172 valence electrons. The van der Waals surface area contributed by atoms with Crippen LogP contribution in [-0.4, -0.2) is 55.7 Å². The molecule has 9 nitrogen and oxygen atoms in total. The number of likely N-dealkylation sites (tertiary alicyclic amines) is 1. The molecule has 4 aromatic rings. The van der Waals surface area contributed by atoms with E-state index >= 15 is 0 Å². The number of nitrogens with zero attached hydrogens (tertiary/aromatic N) is 6. The van der Waals surface area contributed by atoms with Gasteiger partial charge in [-0.1, -0.05) is 12.1 Å². The van der Waals surface area contributed by atoms with Gasteiger partial charge in [0.15, 0.2) is 0 Å². The molecule has 9 heteroatoms. The summed E-state index contributed by atoms with van der Waals surface area (Å²) in [7, 11) is 1.62. The Hall–Kier alpha value is -4.27. The van der Waals surface area contributed by atoms with Gasteiger partial charge in [-0.3, -0.25) is 14.3 Å². The van der Waals surface area contributed by atoms with Gasteiger partial charge in [-0.05, 0) is 43.2 Å². The molecule has 0 radical (unpaired) electrons. The number of amides is 1. The van der Waals surface area contributed by atoms with E-state index in [1.807, 2.05) is 53.4 Å². The largest absolute Gasteiger partial charge is 0.497 e. The van der Waals surface area contributed by atoms with E-state index in [9.17, 15) is 4.79 Å². The number of aromatic nitrogens is 5. The minimum atomic E-state index is 0.0142. The quantitative estimate of drug-likeness (QED) is 0.434. The van der Waals surface area contributed by atoms with Crippen LogP contribution in [0.5, 0.6) is 17.4 Å². The second-order valence-electron chi connectivity index (χ2n) is 8.01. The Labute approximate surface area is 197 Å². The molecular weight excluding hydrogens is 432 g/mol. The van der Waals surface area contributed by atoms with Crippen molar-refractivity contribution in [2.45, 2.75) is 18.8 Å². The highest BCUT2D eigenvalue weighted by Crippen LogP contribution is 2.34. The molecule has 1 amide bonds. The summed E-state index contributed by atoms with van der Waals surface area (Å²) in [6.07, 6.45) is 8.10. The molecule has 3 heterocycles. The van der Waals surface area contributed by atoms with Gasteiger partial charge in [0.2, 0.25) is 5.88 Å². The number of rotatable bonds is 6. The summed E-state index contributed by atoms with van der Waals surface area (Å²) in [6.45, 7) is 1.27. The highest BCUT2D eigenvalue weighted by molar-refractivity contribution is 5.94. The summed E-state index contributed by atoms with van der Waals surface area (Å²) in [4.78, 5) is 24.0. The average molecular weight is 457 g/mol. The molecule has 0 spiro atoms. The summed E-state index contributed by atoms with van der Waals surface area (Å²) in [5, 5.41) is 7.66. The standard InChI is InChI=1S/C25H24N6O3/c1-33-21-6-3-7-22(15-21)34-24-23(26-10-11-27-24)18-8-12-30(13-9-18)25(32)19-4-2-5-20(14-19)31-16-28-29-17-31/h2-7,10-11,14-18H,8-9,12-13H2,1H3. The van der Waals surface area contributed by atoms with Gasteiger partial charge in [0.1, 0.15) is 29.8 Å². The smallest absolute Gasteiger partial charge is 0.253 e. The molecule has 1 fully saturated rings. The number of carbonyl (C=O) groups is 1. The normalized spacial score (nSPS) is 14.1. The average Bonchev–Trinajstić information content (AvgIpc) is 3.44. The minimum Gasteiger partial charge on any atom is -0.497 e. The van der Waals surface area contributed by atoms with Gasteiger partial charge in [0, 0.05) is 48.7 Å². The summed E-state index contributed by atoms with van der Waals surface area (Å²) in [6, 6.07) is 14.9. The number of benzene rings is 2. The summed E-state index contributed by atoms with van der Waals surface area (Å²) in [5.41, 5.74) is 2.31. The maximum absolute atomic E-state index is 13.2. The van der Waals surface area contributed by atoms with Gasteiger partial charge in [-0.25, -0.2) is 4.98 Å². The molecule has 0 aliphatic carbocycles. The van der Waals surface area contributed by atoms with Crippen molar-refractivity contribution in [3.63, 3.8) is 0 Å². The van der Waals surface area contributed by atoms with E-state index in [1.54, 1.807) is 36.7 Å². The van der Waals surface area contributed by atoms with E-state index in [1.165, 1.54) is 0 Å². The molecule has 0 N–H and O–H groups in total. The first-order chi connectivity index (χ1) is 16.7. The lowest BCUT2D eigenvalue weighted by molar-refractivity contribution is 0.0711. The zero-order valence-electron chi connectivity index (χ0n) is 18.7. The molecule has 34 heavy (non-hydrogen) atoms. The zero-order valence-corrected chi connectivity index (χ0v) is 18.7. The van der Waals surface area contributed by atoms with Gasteiger partial charge in [-0.2, -0.15) is 0 Å². The van der Waals surface area contributed by atoms with Crippen LogP contribution in [0.2, 0.25) is 0 Å². The van der Waals surface area contributed by atoms with Crippen molar-refractivity contribution < 1.29 is 14.3 Å². The molecule has 1 aliphatic heterocycles. The van der Waals surface area contributed by atoms with Gasteiger partial charge in [0.25, 0.3) is 5.91 Å². The number of ether oxygens (including phenoxy) is 2. The van der Waals surface area contributed by atoms with Crippen LogP contribution in [0.3, 0.4) is 0 Å². The van der Waals surface area contributed by atoms with Gasteiger partial charge >= 0.3 is 0 Å². The van der Waals surface area contributed by atoms with E-state index in [4.69, 9.17) is 9.47 Å². The Morgan fingerprint density at radius 3 is 2.47 bits per heavy atom. The van der Waals surface area contributed by atoms with E-state index in [0.717, 1.165) is 24.2 Å². The third-order valence-corrected chi connectivity index (χ3v) is 5.93. The Bertz CT molecular complexity index is 1270. The lowest BCUT2D eigenvalue weighted by Gasteiger charge is -2.32. The summed E-state index contributed by atoms with van der Waals surface area (Å²) >= 11 is 0. The Morgan fingerprint density at radius 2 is 1.68 bits per heavy atom. The Kier molecular flexibility index (Phi) is 6.15. The third kappa shape index (κ3) is 4.59. The second kappa shape index (κ2) is 9.70. The van der Waals surface area contributed by atoms with E-state index in [2.05, 4.69) is 20.2 Å². The SMILES string of the molecule is COc1cccc(Oc2nccnc2C2CCN(C(=O)c3cccc(-n4cnnc4)c3)CC2)c1. The summed E-state index contributed by atoms with van der Waals surface area (Å²) < 4.78 is 13.1. The lowest BCUT2D eigenvalue weighted by Crippen LogP contribution is -2.38. The number of hydrogen-bond donors (Lipinski definition) is 0. The third-order valence-electron chi connectivity index (χ3n) is 5.93. The van der Waals surface area contributed by atoms with Crippen LogP contribution in [-0.2, 0) is 0 Å². The molecule has 0 saturated carbocycles. The van der Waals surface area contributed by atoms with Crippen molar-refractivity contribution in [3.05, 3.63) is 84.8 Å². The van der Waals surface area contributed by atoms with Crippen molar-refractivity contribution in [2.75, 3.05) is 20.2 Å². The fraction of sp³-hybridized carbons (Fsp3) is 0.240. The maximum atomic E-state index is 13.2. The van der Waals surface area contributed by atoms with Crippen molar-refractivity contribution in [3.8, 4) is 23.1 Å². The van der Waals surface area contributed by atoms with Crippen LogP contribution in [0.4, 0.5) is 0 Å². The van der Waals surface area contributed by atoms with Crippen LogP contribution in [0.15, 0.2) is 73.6 Å². The molecule has 0 atom stereocenters. The fourth-order valence-electron chi connectivity index (χ4n) is 4.14. The lowest BCUT2D eigenvalue weighted by atomic mass is 9.93. The van der Waals surface area contributed by atoms with Gasteiger partial charge in [0.05, 0.1) is 7.11 Å². The second-order valence-corrected chi connectivity index (χ2v) is 8.01. The van der Waals surface area contributed by atoms with Gasteiger partial charge in [-0.15, -0.1) is 10.2 Å². The number of piperidine rings is 1. The van der Waals surface area contributed by atoms with Crippen LogP contribution < -0.4 is 9.47 Å². The van der Waals surface area contributed by atoms with Gasteiger partial charge < -0.3 is 14.4 Å². The van der Waals surface area contributed by atoms with Crippen molar-refractivity contribution >= 4 is 5.91 Å². The molecule has 2 aromatic heterocycles. The highest BCUT2D eigenvalue weighted by Gasteiger charge is 2.28. The first-order valence-corrected chi connectivity index (χ1v) is 11.1. The van der Waals surface area contributed by atoms with Crippen molar-refractivity contribution in [1.29, 1.82) is 0 Å². The molecular formula is C25H24N6O3. The topological polar surface area (TPSA) is 95.3 Å². The predicted octanol–water partition coefficient (Wildman–Crippen LogP) is 3.88. The predicted molar refractivity (Wildman–Crippen MR) is 124 cm³/mol. The Balaban J connectivity index is 1.27. The zero-order chi connectivity index (χ0) is 23.3. The van der Waals surface area contributed by atoms with E-state index < -0.39 is 0 Å². The van der Waals surface area contributed by atoms with E-state index in [-0.39, 0.29) is 11.8 Å². The molecule has 2 aromatic carbocycles. The van der Waals surface area contributed by atoms with Crippen molar-refractivity contribution in [2.24, 2.45) is 0 Å². The number of carbonyl (C=O) groups excluding carboxylic acids is 1. The monoisotopic (exact) mass is 456 g/mol. The number of methoxy groups -OCH3 is 1. The molecule has 1 saturated heterocycles. The Morgan fingerprint density at radius 1 is 0.941 bits per heavy atom. The number of hydrogen-bond acceptors (Lipinski definition) is 7. The molecule has 0 unspecified atom stereocenters. The van der Waals surface area contributed by atoms with Crippen LogP contribution >= 0.6 is 0 Å². The summed E-state index contributed by atoms with van der Waals surface area (Å²) in [5.74, 6) is 2.01. The van der Waals surface area contributed by atoms with Crippen LogP contribution in [0, 0.1) is 0 Å².